The first-order valence-electron chi connectivity index (χ1n) is 6.75. The van der Waals surface area contributed by atoms with Crippen molar-refractivity contribution in [2.75, 3.05) is 18.9 Å². The summed E-state index contributed by atoms with van der Waals surface area (Å²) in [7, 11) is -3.84. The first-order chi connectivity index (χ1) is 9.87. The molecule has 1 aliphatic rings. The highest BCUT2D eigenvalue weighted by Crippen LogP contribution is 2.31. The average Bonchev–Trinajstić information content (AvgIpc) is 2.68. The smallest absolute Gasteiger partial charge is 0.244 e. The monoisotopic (exact) mass is 380 g/mol. The van der Waals surface area contributed by atoms with E-state index in [1.165, 1.54) is 4.31 Å². The molecule has 0 aliphatic carbocycles. The Labute approximate surface area is 132 Å². The van der Waals surface area contributed by atoms with Crippen molar-refractivity contribution in [3.8, 4) is 0 Å². The van der Waals surface area contributed by atoms with Crippen LogP contribution in [0.3, 0.4) is 0 Å². The van der Waals surface area contributed by atoms with Gasteiger partial charge in [-0.1, -0.05) is 12.8 Å². The number of nitrogen functional groups attached to an aromatic ring is 1. The van der Waals surface area contributed by atoms with Gasteiger partial charge in [0.2, 0.25) is 10.0 Å². The van der Waals surface area contributed by atoms with Crippen LogP contribution in [-0.2, 0) is 10.0 Å². The van der Waals surface area contributed by atoms with Crippen LogP contribution < -0.4 is 5.73 Å². The molecule has 2 rings (SSSR count). The van der Waals surface area contributed by atoms with E-state index in [4.69, 9.17) is 5.73 Å². The van der Waals surface area contributed by atoms with E-state index in [9.17, 15) is 17.9 Å². The molecule has 1 aromatic carbocycles. The summed E-state index contributed by atoms with van der Waals surface area (Å²) in [6.45, 7) is 0.116. The number of sulfonamides is 1. The summed E-state index contributed by atoms with van der Waals surface area (Å²) in [4.78, 5) is -0.0678. The summed E-state index contributed by atoms with van der Waals surface area (Å²) >= 11 is 3.08. The van der Waals surface area contributed by atoms with E-state index >= 15 is 0 Å². The van der Waals surface area contributed by atoms with E-state index < -0.39 is 21.9 Å². The lowest BCUT2D eigenvalue weighted by Gasteiger charge is -2.28. The number of aliphatic hydroxyl groups excluding tert-OH is 1. The Balaban J connectivity index is 2.47. The third-order valence-electron chi connectivity index (χ3n) is 3.67. The Hall–Kier alpha value is -0.700. The van der Waals surface area contributed by atoms with Gasteiger partial charge >= 0.3 is 0 Å². The number of benzene rings is 1. The second-order valence-electron chi connectivity index (χ2n) is 5.11. The van der Waals surface area contributed by atoms with Crippen LogP contribution in [0.5, 0.6) is 0 Å². The molecule has 1 atom stereocenters. The second-order valence-corrected chi connectivity index (χ2v) is 7.82. The fourth-order valence-corrected chi connectivity index (χ4v) is 5.22. The highest BCUT2D eigenvalue weighted by atomic mass is 79.9. The van der Waals surface area contributed by atoms with Crippen LogP contribution in [0.25, 0.3) is 0 Å². The highest BCUT2D eigenvalue weighted by Gasteiger charge is 2.33. The SMILES string of the molecule is Nc1cc(S(=O)(=O)N2CCCCCC2CO)c(Br)cc1F. The molecule has 1 saturated heterocycles. The van der Waals surface area contributed by atoms with Crippen LogP contribution in [-0.4, -0.2) is 37.0 Å². The zero-order valence-corrected chi connectivity index (χ0v) is 13.8. The molecule has 1 unspecified atom stereocenters. The number of rotatable bonds is 3. The van der Waals surface area contributed by atoms with E-state index in [0.717, 1.165) is 31.4 Å². The van der Waals surface area contributed by atoms with Gasteiger partial charge in [0, 0.05) is 17.1 Å². The molecule has 3 N–H and O–H groups in total. The zero-order valence-electron chi connectivity index (χ0n) is 11.4. The van der Waals surface area contributed by atoms with Crippen molar-refractivity contribution in [3.05, 3.63) is 22.4 Å². The van der Waals surface area contributed by atoms with E-state index in [1.54, 1.807) is 0 Å². The maximum atomic E-state index is 13.4. The highest BCUT2D eigenvalue weighted by molar-refractivity contribution is 9.10. The van der Waals surface area contributed by atoms with Gasteiger partial charge < -0.3 is 10.8 Å². The minimum Gasteiger partial charge on any atom is -0.396 e. The van der Waals surface area contributed by atoms with Crippen molar-refractivity contribution in [1.82, 2.24) is 4.31 Å². The maximum Gasteiger partial charge on any atom is 0.244 e. The molecule has 0 bridgehead atoms. The number of aliphatic hydroxyl groups is 1. The molecule has 5 nitrogen and oxygen atoms in total. The molecule has 0 amide bonds. The van der Waals surface area contributed by atoms with Gasteiger partial charge in [-0.2, -0.15) is 4.31 Å². The predicted molar refractivity (Wildman–Crippen MR) is 81.7 cm³/mol. The summed E-state index contributed by atoms with van der Waals surface area (Å²) in [6.07, 6.45) is 3.16. The van der Waals surface area contributed by atoms with Crippen LogP contribution in [0.2, 0.25) is 0 Å². The standard InChI is InChI=1S/C13H18BrFN2O3S/c14-10-6-11(15)12(16)7-13(10)21(19,20)17-5-3-1-2-4-9(17)8-18/h6-7,9,18H,1-5,8,16H2. The fraction of sp³-hybridized carbons (Fsp3) is 0.538. The summed E-state index contributed by atoms with van der Waals surface area (Å²) in [6, 6.07) is 1.72. The minimum absolute atomic E-state index is 0.0678. The number of halogens is 2. The normalized spacial score (nSPS) is 21.2. The van der Waals surface area contributed by atoms with E-state index in [1.807, 2.05) is 0 Å². The summed E-state index contributed by atoms with van der Waals surface area (Å²) in [5.74, 6) is -0.671. The van der Waals surface area contributed by atoms with Crippen molar-refractivity contribution in [3.63, 3.8) is 0 Å². The molecule has 0 radical (unpaired) electrons. The third kappa shape index (κ3) is 3.39. The average molecular weight is 381 g/mol. The van der Waals surface area contributed by atoms with Gasteiger partial charge in [0.1, 0.15) is 5.82 Å². The van der Waals surface area contributed by atoms with Crippen molar-refractivity contribution in [2.45, 2.75) is 36.6 Å². The molecule has 8 heteroatoms. The molecule has 118 valence electrons. The summed E-state index contributed by atoms with van der Waals surface area (Å²) in [5, 5.41) is 9.46. The topological polar surface area (TPSA) is 83.6 Å². The molecular formula is C13H18BrFN2O3S. The van der Waals surface area contributed by atoms with Crippen LogP contribution in [0, 0.1) is 5.82 Å². The lowest BCUT2D eigenvalue weighted by Crippen LogP contribution is -2.42. The number of hydrogen-bond donors (Lipinski definition) is 2. The van der Waals surface area contributed by atoms with Crippen LogP contribution in [0.1, 0.15) is 25.7 Å². The fourth-order valence-electron chi connectivity index (χ4n) is 2.52. The van der Waals surface area contributed by atoms with Gasteiger partial charge in [-0.25, -0.2) is 12.8 Å². The maximum absolute atomic E-state index is 13.4. The Kier molecular flexibility index (Phi) is 5.24. The molecular weight excluding hydrogens is 363 g/mol. The van der Waals surface area contributed by atoms with Crippen molar-refractivity contribution in [1.29, 1.82) is 0 Å². The van der Waals surface area contributed by atoms with Gasteiger partial charge in [0.25, 0.3) is 0 Å². The van der Waals surface area contributed by atoms with Crippen molar-refractivity contribution < 1.29 is 17.9 Å². The van der Waals surface area contributed by atoms with Crippen molar-refractivity contribution in [2.24, 2.45) is 0 Å². The quantitative estimate of drug-likeness (QED) is 0.786. The first-order valence-corrected chi connectivity index (χ1v) is 8.98. The summed E-state index contributed by atoms with van der Waals surface area (Å²) in [5.41, 5.74) is 5.27. The Morgan fingerprint density at radius 1 is 1.38 bits per heavy atom. The molecule has 0 saturated carbocycles. The van der Waals surface area contributed by atoms with Gasteiger partial charge in [0.15, 0.2) is 0 Å². The molecule has 1 aromatic rings. The van der Waals surface area contributed by atoms with Crippen LogP contribution >= 0.6 is 15.9 Å². The number of anilines is 1. The molecule has 1 fully saturated rings. The van der Waals surface area contributed by atoms with E-state index in [-0.39, 0.29) is 21.7 Å². The Morgan fingerprint density at radius 3 is 2.76 bits per heavy atom. The molecule has 0 spiro atoms. The molecule has 1 aliphatic heterocycles. The lowest BCUT2D eigenvalue weighted by atomic mass is 10.1. The Bertz CT molecular complexity index is 624. The van der Waals surface area contributed by atoms with E-state index in [0.29, 0.717) is 13.0 Å². The van der Waals surface area contributed by atoms with Gasteiger partial charge in [-0.3, -0.25) is 0 Å². The number of nitrogens with two attached hydrogens (primary N) is 1. The van der Waals surface area contributed by atoms with E-state index in [2.05, 4.69) is 15.9 Å². The van der Waals surface area contributed by atoms with Crippen molar-refractivity contribution >= 4 is 31.6 Å². The molecule has 1 heterocycles. The second kappa shape index (κ2) is 6.60. The van der Waals surface area contributed by atoms with Gasteiger partial charge in [-0.15, -0.1) is 0 Å². The number of nitrogens with zero attached hydrogens (tertiary/aromatic N) is 1. The zero-order chi connectivity index (χ0) is 15.6. The third-order valence-corrected chi connectivity index (χ3v) is 6.58. The largest absolute Gasteiger partial charge is 0.396 e. The molecule has 21 heavy (non-hydrogen) atoms. The molecule has 0 aromatic heterocycles. The predicted octanol–water partition coefficient (Wildman–Crippen LogP) is 2.10. The van der Waals surface area contributed by atoms with Crippen LogP contribution in [0.15, 0.2) is 21.5 Å². The number of hydrogen-bond acceptors (Lipinski definition) is 4. The van der Waals surface area contributed by atoms with Gasteiger partial charge in [0.05, 0.1) is 17.2 Å². The van der Waals surface area contributed by atoms with Crippen LogP contribution in [0.4, 0.5) is 10.1 Å². The van der Waals surface area contributed by atoms with Gasteiger partial charge in [-0.05, 0) is 40.9 Å². The lowest BCUT2D eigenvalue weighted by molar-refractivity contribution is 0.186. The Morgan fingerprint density at radius 2 is 2.10 bits per heavy atom. The summed E-state index contributed by atoms with van der Waals surface area (Å²) < 4.78 is 40.4. The minimum atomic E-state index is -3.84. The first kappa shape index (κ1) is 16.7.